The molecule has 125 valence electrons. The fourth-order valence-electron chi connectivity index (χ4n) is 2.72. The minimum absolute atomic E-state index is 0.0675. The molecule has 0 aromatic heterocycles. The fourth-order valence-corrected chi connectivity index (χ4v) is 2.72. The summed E-state index contributed by atoms with van der Waals surface area (Å²) in [6.07, 6.45) is 20.5. The van der Waals surface area contributed by atoms with Gasteiger partial charge >= 0.3 is 0 Å². The van der Waals surface area contributed by atoms with Gasteiger partial charge in [-0.05, 0) is 6.42 Å². The third-order valence-electron chi connectivity index (χ3n) is 4.22. The quantitative estimate of drug-likeness (QED) is 0.279. The average molecular weight is 298 g/mol. The second-order valence-electron chi connectivity index (χ2n) is 6.28. The van der Waals surface area contributed by atoms with Gasteiger partial charge in [-0.2, -0.15) is 0 Å². The number of carbonyl (C=O) groups excluding carboxylic acids is 1. The molecule has 0 bridgehead atoms. The van der Waals surface area contributed by atoms with Gasteiger partial charge < -0.3 is 9.90 Å². The van der Waals surface area contributed by atoms with E-state index in [0.29, 0.717) is 5.92 Å². The molecule has 1 N–H and O–H groups in total. The number of hydrogen-bond acceptors (Lipinski definition) is 2. The van der Waals surface area contributed by atoms with Gasteiger partial charge in [-0.25, -0.2) is 0 Å². The van der Waals surface area contributed by atoms with Gasteiger partial charge in [0, 0.05) is 0 Å². The highest BCUT2D eigenvalue weighted by Crippen LogP contribution is 2.14. The molecule has 1 radical (unpaired) electrons. The molecule has 0 atom stereocenters. The Bertz CT molecular complexity index is 204. The third kappa shape index (κ3) is 15.8. The van der Waals surface area contributed by atoms with Crippen LogP contribution in [0.4, 0.5) is 0 Å². The van der Waals surface area contributed by atoms with E-state index in [2.05, 4.69) is 6.92 Å². The lowest BCUT2D eigenvalue weighted by Crippen LogP contribution is -2.04. The fraction of sp³-hybridized carbons (Fsp3) is 0.895. The van der Waals surface area contributed by atoms with Crippen LogP contribution in [0.25, 0.3) is 0 Å². The molecule has 0 unspecified atom stereocenters. The molecule has 0 amide bonds. The van der Waals surface area contributed by atoms with E-state index in [-0.39, 0.29) is 6.61 Å². The van der Waals surface area contributed by atoms with Crippen LogP contribution in [0.15, 0.2) is 0 Å². The maximum atomic E-state index is 10.5. The highest BCUT2D eigenvalue weighted by molar-refractivity contribution is 5.68. The Balaban J connectivity index is 3.04. The summed E-state index contributed by atoms with van der Waals surface area (Å²) in [5.41, 5.74) is 0. The Morgan fingerprint density at radius 1 is 0.714 bits per heavy atom. The third-order valence-corrected chi connectivity index (χ3v) is 4.22. The molecule has 0 aliphatic carbocycles. The smallest absolute Gasteiger partial charge is 0.129 e. The molecular formula is C19H37O2. The summed E-state index contributed by atoms with van der Waals surface area (Å²) in [5.74, 6) is 0.647. The van der Waals surface area contributed by atoms with Gasteiger partial charge in [0.05, 0.1) is 12.5 Å². The molecule has 21 heavy (non-hydrogen) atoms. The van der Waals surface area contributed by atoms with Crippen LogP contribution in [0.5, 0.6) is 0 Å². The zero-order chi connectivity index (χ0) is 15.6. The van der Waals surface area contributed by atoms with E-state index in [1.807, 2.05) is 0 Å². The average Bonchev–Trinajstić information content (AvgIpc) is 2.51. The molecule has 0 aliphatic heterocycles. The summed E-state index contributed by atoms with van der Waals surface area (Å²) in [7, 11) is 0. The van der Waals surface area contributed by atoms with Crippen molar-refractivity contribution in [3.05, 3.63) is 5.92 Å². The van der Waals surface area contributed by atoms with E-state index < -0.39 is 0 Å². The number of carbonyl (C=O) groups is 1. The number of aliphatic hydroxyl groups is 1. The van der Waals surface area contributed by atoms with E-state index in [1.165, 1.54) is 83.5 Å². The summed E-state index contributed by atoms with van der Waals surface area (Å²) >= 11 is 0. The second kappa shape index (κ2) is 17.7. The number of rotatable bonds is 17. The summed E-state index contributed by atoms with van der Waals surface area (Å²) in [5, 5.41) is 8.86. The standard InChI is InChI=1S/C19H37O2/c1-2-3-4-5-6-7-8-9-10-11-12-13-14-15-16-19(17-20)18-21/h17,21H,2-16,18H2,1H3. The summed E-state index contributed by atoms with van der Waals surface area (Å²) in [6, 6.07) is 0. The van der Waals surface area contributed by atoms with Gasteiger partial charge in [-0.3, -0.25) is 0 Å². The van der Waals surface area contributed by atoms with Crippen LogP contribution in [0, 0.1) is 5.92 Å². The van der Waals surface area contributed by atoms with E-state index in [1.54, 1.807) is 0 Å². The normalized spacial score (nSPS) is 11.2. The molecule has 0 aromatic rings. The molecule has 2 heteroatoms. The van der Waals surface area contributed by atoms with Crippen LogP contribution in [0.2, 0.25) is 0 Å². The van der Waals surface area contributed by atoms with Gasteiger partial charge in [0.25, 0.3) is 0 Å². The van der Waals surface area contributed by atoms with Gasteiger partial charge in [-0.1, -0.05) is 96.8 Å². The van der Waals surface area contributed by atoms with Crippen molar-refractivity contribution in [3.8, 4) is 0 Å². The lowest BCUT2D eigenvalue weighted by atomic mass is 10.0. The van der Waals surface area contributed by atoms with Crippen LogP contribution in [0.1, 0.15) is 103 Å². The number of hydrogen-bond donors (Lipinski definition) is 1. The topological polar surface area (TPSA) is 37.3 Å². The Morgan fingerprint density at radius 2 is 1.10 bits per heavy atom. The zero-order valence-corrected chi connectivity index (χ0v) is 14.2. The minimum atomic E-state index is -0.0675. The van der Waals surface area contributed by atoms with E-state index in [0.717, 1.165) is 19.1 Å². The van der Waals surface area contributed by atoms with Crippen molar-refractivity contribution in [3.63, 3.8) is 0 Å². The van der Waals surface area contributed by atoms with E-state index in [4.69, 9.17) is 5.11 Å². The van der Waals surface area contributed by atoms with Crippen LogP contribution in [0.3, 0.4) is 0 Å². The van der Waals surface area contributed by atoms with Gasteiger partial charge in [0.15, 0.2) is 0 Å². The van der Waals surface area contributed by atoms with Crippen LogP contribution < -0.4 is 0 Å². The first-order valence-electron chi connectivity index (χ1n) is 9.25. The zero-order valence-electron chi connectivity index (χ0n) is 14.2. The van der Waals surface area contributed by atoms with Crippen LogP contribution in [-0.4, -0.2) is 18.0 Å². The van der Waals surface area contributed by atoms with Crippen LogP contribution >= 0.6 is 0 Å². The van der Waals surface area contributed by atoms with E-state index in [9.17, 15) is 4.79 Å². The Hall–Kier alpha value is -0.370. The summed E-state index contributed by atoms with van der Waals surface area (Å²) in [4.78, 5) is 10.5. The maximum Gasteiger partial charge on any atom is 0.129 e. The van der Waals surface area contributed by atoms with Crippen molar-refractivity contribution >= 4 is 6.29 Å². The number of unbranched alkanes of at least 4 members (excludes halogenated alkanes) is 13. The van der Waals surface area contributed by atoms with Crippen molar-refractivity contribution in [2.24, 2.45) is 0 Å². The molecule has 0 rings (SSSR count). The molecule has 0 saturated carbocycles. The van der Waals surface area contributed by atoms with Crippen molar-refractivity contribution in [1.82, 2.24) is 0 Å². The molecule has 2 nitrogen and oxygen atoms in total. The summed E-state index contributed by atoms with van der Waals surface area (Å²) < 4.78 is 0. The largest absolute Gasteiger partial charge is 0.395 e. The Labute approximate surface area is 132 Å². The van der Waals surface area contributed by atoms with Crippen LogP contribution in [-0.2, 0) is 4.79 Å². The Morgan fingerprint density at radius 3 is 1.43 bits per heavy atom. The van der Waals surface area contributed by atoms with Crippen molar-refractivity contribution in [2.75, 3.05) is 6.61 Å². The van der Waals surface area contributed by atoms with E-state index >= 15 is 0 Å². The monoisotopic (exact) mass is 297 g/mol. The first kappa shape index (κ1) is 20.6. The van der Waals surface area contributed by atoms with Gasteiger partial charge in [-0.15, -0.1) is 0 Å². The SMILES string of the molecule is CCCCCCCCCCCCCCCC[C](C=O)CO. The predicted octanol–water partition coefficient (Wildman–Crippen LogP) is 5.62. The molecule has 0 saturated heterocycles. The highest BCUT2D eigenvalue weighted by Gasteiger charge is 2.05. The van der Waals surface area contributed by atoms with Crippen molar-refractivity contribution in [1.29, 1.82) is 0 Å². The first-order chi connectivity index (χ1) is 10.3. The molecule has 0 aromatic carbocycles. The molecule has 0 fully saturated rings. The Kier molecular flexibility index (Phi) is 17.4. The molecule has 0 heterocycles. The predicted molar refractivity (Wildman–Crippen MR) is 91.3 cm³/mol. The number of aliphatic hydroxyl groups excluding tert-OH is 1. The number of aldehydes is 1. The first-order valence-corrected chi connectivity index (χ1v) is 9.25. The maximum absolute atomic E-state index is 10.5. The van der Waals surface area contributed by atoms with Crippen molar-refractivity contribution in [2.45, 2.75) is 103 Å². The second-order valence-corrected chi connectivity index (χ2v) is 6.28. The molecular weight excluding hydrogens is 260 g/mol. The summed E-state index contributed by atoms with van der Waals surface area (Å²) in [6.45, 7) is 2.20. The minimum Gasteiger partial charge on any atom is -0.395 e. The molecule has 0 spiro atoms. The lowest BCUT2D eigenvalue weighted by molar-refractivity contribution is -0.107. The lowest BCUT2D eigenvalue weighted by Gasteiger charge is -2.05. The highest BCUT2D eigenvalue weighted by atomic mass is 16.3. The van der Waals surface area contributed by atoms with Crippen molar-refractivity contribution < 1.29 is 9.90 Å². The van der Waals surface area contributed by atoms with Gasteiger partial charge in [0.2, 0.25) is 0 Å². The van der Waals surface area contributed by atoms with Gasteiger partial charge in [0.1, 0.15) is 6.29 Å². The molecule has 0 aliphatic rings.